The molecule has 0 aliphatic carbocycles. The van der Waals surface area contributed by atoms with Crippen LogP contribution in [-0.2, 0) is 0 Å². The number of nitriles is 2. The van der Waals surface area contributed by atoms with Gasteiger partial charge >= 0.3 is 0 Å². The summed E-state index contributed by atoms with van der Waals surface area (Å²) in [5, 5.41) is 21.1. The molecule has 6 heteroatoms. The molecule has 35 heavy (non-hydrogen) atoms. The Hall–Kier alpha value is -4.55. The van der Waals surface area contributed by atoms with Crippen molar-refractivity contribution in [2.75, 3.05) is 14.2 Å². The summed E-state index contributed by atoms with van der Waals surface area (Å²) in [5.41, 5.74) is 1.51. The molecule has 5 rings (SSSR count). The van der Waals surface area contributed by atoms with Gasteiger partial charge in [-0.05, 0) is 41.0 Å². The predicted molar refractivity (Wildman–Crippen MR) is 131 cm³/mol. The highest BCUT2D eigenvalue weighted by Gasteiger charge is 2.63. The van der Waals surface area contributed by atoms with Gasteiger partial charge in [-0.3, -0.25) is 4.79 Å². The van der Waals surface area contributed by atoms with Crippen molar-refractivity contribution in [2.45, 2.75) is 18.0 Å². The molecule has 0 saturated carbocycles. The summed E-state index contributed by atoms with van der Waals surface area (Å²) in [7, 11) is 3.06. The summed E-state index contributed by atoms with van der Waals surface area (Å²) in [5.74, 6) is 0.0833. The minimum Gasteiger partial charge on any atom is -0.493 e. The molecule has 3 atom stereocenters. The van der Waals surface area contributed by atoms with Gasteiger partial charge in [0.15, 0.2) is 22.7 Å². The Morgan fingerprint density at radius 1 is 0.914 bits per heavy atom. The first-order valence-corrected chi connectivity index (χ1v) is 11.3. The van der Waals surface area contributed by atoms with Crippen LogP contribution < -0.4 is 9.47 Å². The molecule has 0 radical (unpaired) electrons. The number of fused-ring (bicyclic) bond motifs is 3. The highest BCUT2D eigenvalue weighted by molar-refractivity contribution is 6.02. The molecule has 0 aromatic heterocycles. The molecule has 2 aliphatic heterocycles. The van der Waals surface area contributed by atoms with E-state index in [0.29, 0.717) is 17.1 Å². The van der Waals surface area contributed by atoms with Gasteiger partial charge in [0.2, 0.25) is 0 Å². The van der Waals surface area contributed by atoms with Crippen molar-refractivity contribution in [2.24, 2.45) is 5.41 Å². The van der Waals surface area contributed by atoms with Crippen LogP contribution in [0.4, 0.5) is 0 Å². The third-order valence-electron chi connectivity index (χ3n) is 7.04. The van der Waals surface area contributed by atoms with Crippen molar-refractivity contribution in [3.05, 3.63) is 101 Å². The van der Waals surface area contributed by atoms with E-state index in [9.17, 15) is 15.3 Å². The number of carbonyl (C=O) groups is 1. The predicted octanol–water partition coefficient (Wildman–Crippen LogP) is 5.11. The zero-order valence-electron chi connectivity index (χ0n) is 19.4. The third kappa shape index (κ3) is 3.26. The van der Waals surface area contributed by atoms with Crippen LogP contribution in [-0.4, -0.2) is 30.9 Å². The van der Waals surface area contributed by atoms with Gasteiger partial charge in [-0.1, -0.05) is 54.6 Å². The van der Waals surface area contributed by atoms with E-state index in [2.05, 4.69) is 12.1 Å². The number of carbonyl (C=O) groups excluding carboxylic acids is 1. The summed E-state index contributed by atoms with van der Waals surface area (Å²) in [4.78, 5) is 16.1. The van der Waals surface area contributed by atoms with E-state index in [1.165, 1.54) is 14.2 Å². The number of hydrogen-bond donors (Lipinski definition) is 0. The van der Waals surface area contributed by atoms with Gasteiger partial charge in [-0.25, -0.2) is 0 Å². The molecule has 3 aromatic carbocycles. The second-order valence-electron chi connectivity index (χ2n) is 8.65. The highest BCUT2D eigenvalue weighted by Crippen LogP contribution is 2.60. The standard InChI is InChI=1S/C29H23N3O3/c1-34-23-13-12-21(16-24(23)35-2)27(33)26-25(20-9-4-3-5-10-20)29(17-30,18-31)28-22-11-7-6-8-19(22)14-15-32(26)28/h3-16,25-26,28H,1-2H3/t25-,26-,28+/m0/s1. The normalized spacial score (nSPS) is 21.3. The topological polar surface area (TPSA) is 86.3 Å². The van der Waals surface area contributed by atoms with Gasteiger partial charge in [0.25, 0.3) is 0 Å². The first kappa shape index (κ1) is 22.3. The molecule has 0 N–H and O–H groups in total. The fourth-order valence-electron chi connectivity index (χ4n) is 5.49. The Balaban J connectivity index is 1.74. The van der Waals surface area contributed by atoms with Gasteiger partial charge in [0, 0.05) is 17.7 Å². The minimum absolute atomic E-state index is 0.193. The Morgan fingerprint density at radius 3 is 2.29 bits per heavy atom. The van der Waals surface area contributed by atoms with Crippen LogP contribution in [0.5, 0.6) is 11.5 Å². The Bertz CT molecular complexity index is 1390. The van der Waals surface area contributed by atoms with Gasteiger partial charge in [-0.15, -0.1) is 0 Å². The van der Waals surface area contributed by atoms with Crippen LogP contribution in [0.25, 0.3) is 6.08 Å². The minimum atomic E-state index is -1.49. The molecule has 1 fully saturated rings. The van der Waals surface area contributed by atoms with Gasteiger partial charge in [0.05, 0.1) is 32.4 Å². The molecular formula is C29H23N3O3. The van der Waals surface area contributed by atoms with E-state index in [-0.39, 0.29) is 5.78 Å². The second kappa shape index (κ2) is 8.66. The number of Topliss-reactive ketones (excluding diaryl/α,β-unsaturated/α-hetero) is 1. The maximum absolute atomic E-state index is 14.2. The lowest BCUT2D eigenvalue weighted by Gasteiger charge is -2.34. The lowest BCUT2D eigenvalue weighted by Crippen LogP contribution is -2.37. The van der Waals surface area contributed by atoms with E-state index >= 15 is 0 Å². The first-order chi connectivity index (χ1) is 17.1. The van der Waals surface area contributed by atoms with Crippen molar-refractivity contribution < 1.29 is 14.3 Å². The van der Waals surface area contributed by atoms with Crippen LogP contribution in [0.15, 0.2) is 79.0 Å². The van der Waals surface area contributed by atoms with E-state index in [1.807, 2.05) is 71.8 Å². The fraction of sp³-hybridized carbons (Fsp3) is 0.207. The van der Waals surface area contributed by atoms with Crippen LogP contribution in [0, 0.1) is 28.1 Å². The smallest absolute Gasteiger partial charge is 0.186 e. The number of methoxy groups -OCH3 is 2. The molecule has 3 aromatic rings. The van der Waals surface area contributed by atoms with Crippen molar-refractivity contribution in [1.29, 1.82) is 10.5 Å². The van der Waals surface area contributed by atoms with E-state index < -0.39 is 23.4 Å². The lowest BCUT2D eigenvalue weighted by molar-refractivity contribution is 0.0874. The monoisotopic (exact) mass is 461 g/mol. The van der Waals surface area contributed by atoms with Gasteiger partial charge in [0.1, 0.15) is 6.04 Å². The van der Waals surface area contributed by atoms with Crippen molar-refractivity contribution >= 4 is 11.9 Å². The number of benzene rings is 3. The highest BCUT2D eigenvalue weighted by atomic mass is 16.5. The van der Waals surface area contributed by atoms with E-state index in [4.69, 9.17) is 9.47 Å². The third-order valence-corrected chi connectivity index (χ3v) is 7.04. The Morgan fingerprint density at radius 2 is 1.60 bits per heavy atom. The lowest BCUT2D eigenvalue weighted by atomic mass is 9.67. The first-order valence-electron chi connectivity index (χ1n) is 11.3. The Kier molecular flexibility index (Phi) is 5.51. The number of nitrogens with zero attached hydrogens (tertiary/aromatic N) is 3. The number of rotatable bonds is 5. The summed E-state index contributed by atoms with van der Waals surface area (Å²) >= 11 is 0. The molecule has 2 aliphatic rings. The van der Waals surface area contributed by atoms with Crippen LogP contribution >= 0.6 is 0 Å². The van der Waals surface area contributed by atoms with Crippen molar-refractivity contribution in [3.63, 3.8) is 0 Å². The molecule has 0 spiro atoms. The average molecular weight is 462 g/mol. The average Bonchev–Trinajstić information content (AvgIpc) is 3.23. The largest absolute Gasteiger partial charge is 0.493 e. The van der Waals surface area contributed by atoms with Crippen LogP contribution in [0.3, 0.4) is 0 Å². The molecular weight excluding hydrogens is 438 g/mol. The van der Waals surface area contributed by atoms with Crippen LogP contribution in [0.2, 0.25) is 0 Å². The summed E-state index contributed by atoms with van der Waals surface area (Å²) in [6, 6.07) is 25.5. The number of ketones is 1. The second-order valence-corrected chi connectivity index (χ2v) is 8.65. The summed E-state index contributed by atoms with van der Waals surface area (Å²) in [6.45, 7) is 0. The van der Waals surface area contributed by atoms with Crippen molar-refractivity contribution in [3.8, 4) is 23.6 Å². The molecule has 1 saturated heterocycles. The Labute approximate surface area is 204 Å². The quantitative estimate of drug-likeness (QED) is 0.491. The molecule has 0 bridgehead atoms. The van der Waals surface area contributed by atoms with E-state index in [1.54, 1.807) is 18.2 Å². The summed E-state index contributed by atoms with van der Waals surface area (Å²) < 4.78 is 10.8. The van der Waals surface area contributed by atoms with Gasteiger partial charge < -0.3 is 14.4 Å². The maximum atomic E-state index is 14.2. The van der Waals surface area contributed by atoms with Crippen LogP contribution in [0.1, 0.15) is 39.0 Å². The zero-order valence-corrected chi connectivity index (χ0v) is 19.4. The molecule has 6 nitrogen and oxygen atoms in total. The molecule has 172 valence electrons. The number of ether oxygens (including phenoxy) is 2. The van der Waals surface area contributed by atoms with E-state index in [0.717, 1.165) is 16.7 Å². The zero-order chi connectivity index (χ0) is 24.6. The molecule has 0 unspecified atom stereocenters. The van der Waals surface area contributed by atoms with Crippen molar-refractivity contribution in [1.82, 2.24) is 4.90 Å². The number of hydrogen-bond acceptors (Lipinski definition) is 6. The summed E-state index contributed by atoms with van der Waals surface area (Å²) in [6.07, 6.45) is 3.79. The fourth-order valence-corrected chi connectivity index (χ4v) is 5.49. The van der Waals surface area contributed by atoms with Gasteiger partial charge in [-0.2, -0.15) is 10.5 Å². The SMILES string of the molecule is COc1ccc(C(=O)[C@@H]2[C@H](c3ccccc3)C(C#N)(C#N)[C@H]3c4ccccc4C=CN23)cc1OC. The molecule has 2 heterocycles. The maximum Gasteiger partial charge on any atom is 0.186 e. The molecule has 0 amide bonds.